The van der Waals surface area contributed by atoms with Crippen LogP contribution in [0.3, 0.4) is 0 Å². The van der Waals surface area contributed by atoms with E-state index in [0.29, 0.717) is 23.5 Å². The predicted octanol–water partition coefficient (Wildman–Crippen LogP) is 4.68. The van der Waals surface area contributed by atoms with Crippen LogP contribution in [0.25, 0.3) is 16.6 Å². The van der Waals surface area contributed by atoms with Gasteiger partial charge in [-0.1, -0.05) is 13.8 Å². The first-order valence-corrected chi connectivity index (χ1v) is 11.5. The van der Waals surface area contributed by atoms with Crippen molar-refractivity contribution in [2.24, 2.45) is 5.92 Å². The van der Waals surface area contributed by atoms with E-state index in [1.54, 1.807) is 12.4 Å². The average molecular weight is 446 g/mol. The summed E-state index contributed by atoms with van der Waals surface area (Å²) in [6, 6.07) is 7.75. The van der Waals surface area contributed by atoms with E-state index in [1.807, 2.05) is 30.5 Å². The highest BCUT2D eigenvalue weighted by Gasteiger charge is 2.13. The van der Waals surface area contributed by atoms with Crippen molar-refractivity contribution < 1.29 is 4.74 Å². The first-order valence-electron chi connectivity index (χ1n) is 11.5. The molecular weight excluding hydrogens is 414 g/mol. The topological polar surface area (TPSA) is 109 Å². The van der Waals surface area contributed by atoms with Crippen LogP contribution < -0.4 is 10.6 Å². The van der Waals surface area contributed by atoms with E-state index in [0.717, 1.165) is 66.8 Å². The molecule has 1 aliphatic rings. The second kappa shape index (κ2) is 11.0. The third kappa shape index (κ3) is 6.10. The van der Waals surface area contributed by atoms with Gasteiger partial charge in [0.1, 0.15) is 5.82 Å². The molecule has 0 spiro atoms. The number of pyridine rings is 2. The van der Waals surface area contributed by atoms with Crippen LogP contribution in [-0.4, -0.2) is 46.1 Å². The third-order valence-corrected chi connectivity index (χ3v) is 5.92. The quantitative estimate of drug-likeness (QED) is 0.324. The number of nitrogens with one attached hydrogen (secondary N) is 3. The fraction of sp³-hybridized carbons (Fsp3) is 0.400. The van der Waals surface area contributed by atoms with Gasteiger partial charge in [0.2, 0.25) is 0 Å². The zero-order chi connectivity index (χ0) is 23.0. The van der Waals surface area contributed by atoms with Gasteiger partial charge in [0.05, 0.1) is 17.2 Å². The van der Waals surface area contributed by atoms with E-state index in [1.165, 1.54) is 6.21 Å². The van der Waals surface area contributed by atoms with Crippen molar-refractivity contribution in [1.82, 2.24) is 25.5 Å². The Morgan fingerprint density at radius 2 is 2.00 bits per heavy atom. The van der Waals surface area contributed by atoms with Crippen LogP contribution in [0.5, 0.6) is 0 Å². The molecule has 1 fully saturated rings. The molecule has 33 heavy (non-hydrogen) atoms. The molecule has 172 valence electrons. The van der Waals surface area contributed by atoms with Gasteiger partial charge in [-0.05, 0) is 60.9 Å². The van der Waals surface area contributed by atoms with Crippen molar-refractivity contribution >= 4 is 34.5 Å². The van der Waals surface area contributed by atoms with Gasteiger partial charge in [-0.25, -0.2) is 4.98 Å². The van der Waals surface area contributed by atoms with Crippen LogP contribution in [0.4, 0.5) is 11.6 Å². The van der Waals surface area contributed by atoms with Gasteiger partial charge >= 0.3 is 0 Å². The zero-order valence-electron chi connectivity index (χ0n) is 19.2. The maximum absolute atomic E-state index is 7.86. The van der Waals surface area contributed by atoms with Crippen LogP contribution >= 0.6 is 0 Å². The first kappa shape index (κ1) is 22.8. The largest absolute Gasteiger partial charge is 0.390 e. The van der Waals surface area contributed by atoms with Gasteiger partial charge in [-0.15, -0.1) is 5.10 Å². The fourth-order valence-corrected chi connectivity index (χ4v) is 3.84. The van der Waals surface area contributed by atoms with Gasteiger partial charge < -0.3 is 20.8 Å². The van der Waals surface area contributed by atoms with Crippen molar-refractivity contribution in [1.29, 1.82) is 5.41 Å². The van der Waals surface area contributed by atoms with Gasteiger partial charge in [-0.2, -0.15) is 5.10 Å². The van der Waals surface area contributed by atoms with Crippen LogP contribution in [0.1, 0.15) is 50.2 Å². The third-order valence-electron chi connectivity index (χ3n) is 5.92. The molecule has 0 aromatic carbocycles. The number of nitrogens with zero attached hydrogens (tertiary/aromatic N) is 4. The van der Waals surface area contributed by atoms with Crippen LogP contribution in [0.15, 0.2) is 42.9 Å². The summed E-state index contributed by atoms with van der Waals surface area (Å²) in [5.41, 5.74) is 4.28. The Hall–Kier alpha value is -3.39. The molecule has 0 saturated carbocycles. The lowest BCUT2D eigenvalue weighted by molar-refractivity contribution is 0.0642. The van der Waals surface area contributed by atoms with Crippen molar-refractivity contribution in [2.45, 2.75) is 39.0 Å². The molecule has 1 aliphatic heterocycles. The minimum atomic E-state index is 0.369. The number of anilines is 2. The highest BCUT2D eigenvalue weighted by molar-refractivity contribution is 6.08. The van der Waals surface area contributed by atoms with Gasteiger partial charge in [0.25, 0.3) is 0 Å². The number of rotatable bonds is 9. The smallest absolute Gasteiger partial charge is 0.154 e. The molecule has 3 N–H and O–H groups in total. The first-order chi connectivity index (χ1) is 16.1. The Kier molecular flexibility index (Phi) is 7.57. The van der Waals surface area contributed by atoms with E-state index < -0.39 is 0 Å². The summed E-state index contributed by atoms with van der Waals surface area (Å²) >= 11 is 0. The SMILES string of the molecule is CC(C)c1cnnc(Nc2ccc3ncc(/C(C=N)=C/NCCC4CCOCC4)cc3n2)c1. The van der Waals surface area contributed by atoms with Crippen molar-refractivity contribution in [3.8, 4) is 0 Å². The number of allylic oxidation sites excluding steroid dienone is 1. The second-order valence-electron chi connectivity index (χ2n) is 8.66. The summed E-state index contributed by atoms with van der Waals surface area (Å²) < 4.78 is 5.42. The lowest BCUT2D eigenvalue weighted by Crippen LogP contribution is -2.20. The molecular formula is C25H31N7O. The van der Waals surface area contributed by atoms with Crippen LogP contribution in [-0.2, 0) is 4.74 Å². The lowest BCUT2D eigenvalue weighted by Gasteiger charge is -2.21. The number of aromatic nitrogens is 4. The summed E-state index contributed by atoms with van der Waals surface area (Å²) in [5.74, 6) is 2.41. The van der Waals surface area contributed by atoms with Gasteiger partial charge in [0, 0.05) is 49.5 Å². The highest BCUT2D eigenvalue weighted by Crippen LogP contribution is 2.22. The summed E-state index contributed by atoms with van der Waals surface area (Å²) in [7, 11) is 0. The Morgan fingerprint density at radius 3 is 2.79 bits per heavy atom. The Balaban J connectivity index is 1.46. The number of hydrogen-bond donors (Lipinski definition) is 3. The van der Waals surface area contributed by atoms with Crippen molar-refractivity contribution in [2.75, 3.05) is 25.1 Å². The number of fused-ring (bicyclic) bond motifs is 1. The van der Waals surface area contributed by atoms with Crippen molar-refractivity contribution in [3.63, 3.8) is 0 Å². The summed E-state index contributed by atoms with van der Waals surface area (Å²) in [6.45, 7) is 6.86. The number of hydrogen-bond acceptors (Lipinski definition) is 8. The predicted molar refractivity (Wildman–Crippen MR) is 132 cm³/mol. The minimum absolute atomic E-state index is 0.369. The summed E-state index contributed by atoms with van der Waals surface area (Å²) in [6.07, 6.45) is 10.2. The van der Waals surface area contributed by atoms with Gasteiger partial charge in [0.15, 0.2) is 5.82 Å². The molecule has 3 aromatic heterocycles. The van der Waals surface area contributed by atoms with Crippen molar-refractivity contribution in [3.05, 3.63) is 54.0 Å². The summed E-state index contributed by atoms with van der Waals surface area (Å²) in [5, 5.41) is 22.7. The number of ether oxygens (including phenoxy) is 1. The standard InChI is InChI=1S/C25H31N7O/c1-17(2)19-12-25(32-29-16-19)31-24-4-3-22-23(30-24)11-20(15-28-22)21(13-26)14-27-8-5-18-6-9-33-10-7-18/h3-4,11-18,26-27H,5-10H2,1-2H3,(H,30,31,32)/b21-14+,26-13?. The minimum Gasteiger partial charge on any atom is -0.390 e. The maximum atomic E-state index is 7.86. The van der Waals surface area contributed by atoms with Crippen LogP contribution in [0, 0.1) is 11.3 Å². The molecule has 0 atom stereocenters. The fourth-order valence-electron chi connectivity index (χ4n) is 3.84. The van der Waals surface area contributed by atoms with Crippen LogP contribution in [0.2, 0.25) is 0 Å². The van der Waals surface area contributed by atoms with Gasteiger partial charge in [-0.3, -0.25) is 4.98 Å². The zero-order valence-corrected chi connectivity index (χ0v) is 19.2. The summed E-state index contributed by atoms with van der Waals surface area (Å²) in [4.78, 5) is 9.24. The Morgan fingerprint density at radius 1 is 1.15 bits per heavy atom. The Labute approximate surface area is 194 Å². The van der Waals surface area contributed by atoms with E-state index in [-0.39, 0.29) is 0 Å². The molecule has 0 bridgehead atoms. The second-order valence-corrected chi connectivity index (χ2v) is 8.66. The molecule has 0 aliphatic carbocycles. The normalized spacial score (nSPS) is 15.1. The molecule has 3 aromatic rings. The molecule has 4 heterocycles. The van der Waals surface area contributed by atoms with E-state index >= 15 is 0 Å². The molecule has 0 amide bonds. The molecule has 8 nitrogen and oxygen atoms in total. The molecule has 0 radical (unpaired) electrons. The molecule has 0 unspecified atom stereocenters. The maximum Gasteiger partial charge on any atom is 0.154 e. The average Bonchev–Trinajstić information content (AvgIpc) is 2.84. The molecule has 1 saturated heterocycles. The monoisotopic (exact) mass is 445 g/mol. The molecule has 8 heteroatoms. The van der Waals surface area contributed by atoms with E-state index in [4.69, 9.17) is 15.1 Å². The highest BCUT2D eigenvalue weighted by atomic mass is 16.5. The van der Waals surface area contributed by atoms with E-state index in [2.05, 4.69) is 39.7 Å². The molecule has 4 rings (SSSR count). The Bertz CT molecular complexity index is 1120. The lowest BCUT2D eigenvalue weighted by atomic mass is 9.97. The van der Waals surface area contributed by atoms with E-state index in [9.17, 15) is 0 Å².